The van der Waals surface area contributed by atoms with Crippen LogP contribution in [-0.2, 0) is 16.0 Å². The minimum atomic E-state index is 0.0940. The molecule has 1 fully saturated rings. The van der Waals surface area contributed by atoms with E-state index in [1.54, 1.807) is 25.3 Å². The molecule has 2 heterocycles. The summed E-state index contributed by atoms with van der Waals surface area (Å²) in [4.78, 5) is 30.3. The number of nitrogens with zero attached hydrogens (tertiary/aromatic N) is 3. The maximum atomic E-state index is 12.9. The van der Waals surface area contributed by atoms with E-state index in [1.165, 1.54) is 0 Å². The molecule has 0 spiro atoms. The Labute approximate surface area is 164 Å². The summed E-state index contributed by atoms with van der Waals surface area (Å²) in [5, 5.41) is 3.29. The Balaban J connectivity index is 1.45. The average molecular weight is 379 g/mol. The van der Waals surface area contributed by atoms with Gasteiger partial charge in [-0.3, -0.25) is 14.5 Å². The fourth-order valence-corrected chi connectivity index (χ4v) is 3.77. The Morgan fingerprint density at radius 3 is 2.54 bits per heavy atom. The van der Waals surface area contributed by atoms with E-state index in [0.29, 0.717) is 26.1 Å². The number of amides is 2. The highest BCUT2D eigenvalue weighted by atomic mass is 16.3. The molecule has 0 radical (unpaired) electrons. The molecule has 0 aliphatic carbocycles. The van der Waals surface area contributed by atoms with Crippen molar-refractivity contribution in [3.05, 3.63) is 48.2 Å². The minimum Gasteiger partial charge on any atom is -0.464 e. The van der Waals surface area contributed by atoms with Crippen LogP contribution in [-0.4, -0.2) is 73.3 Å². The molecule has 2 aromatic carbocycles. The standard InChI is InChI=1S/C22H25N3O3/c1-23(2)21(27)14-24-9-11-25(12-10-24)20(26)13-17-15-28-19-8-7-16-5-3-4-6-18(16)22(17)19/h3-8,15H,9-14H2,1-2H3. The fourth-order valence-electron chi connectivity index (χ4n) is 3.77. The van der Waals surface area contributed by atoms with Crippen LogP contribution in [0.5, 0.6) is 0 Å². The summed E-state index contributed by atoms with van der Waals surface area (Å²) < 4.78 is 5.71. The molecule has 0 unspecified atom stereocenters. The largest absolute Gasteiger partial charge is 0.464 e. The van der Waals surface area contributed by atoms with Crippen molar-refractivity contribution in [2.45, 2.75) is 6.42 Å². The molecular formula is C22H25N3O3. The van der Waals surface area contributed by atoms with Crippen molar-refractivity contribution < 1.29 is 14.0 Å². The summed E-state index contributed by atoms with van der Waals surface area (Å²) in [5.74, 6) is 0.200. The quantitative estimate of drug-likeness (QED) is 0.698. The number of carbonyl (C=O) groups is 2. The molecule has 28 heavy (non-hydrogen) atoms. The molecule has 0 atom stereocenters. The third-order valence-electron chi connectivity index (χ3n) is 5.46. The predicted molar refractivity (Wildman–Crippen MR) is 109 cm³/mol. The van der Waals surface area contributed by atoms with Crippen molar-refractivity contribution in [2.24, 2.45) is 0 Å². The Hall–Kier alpha value is -2.86. The lowest BCUT2D eigenvalue weighted by molar-refractivity contribution is -0.133. The maximum absolute atomic E-state index is 12.9. The zero-order chi connectivity index (χ0) is 19.7. The van der Waals surface area contributed by atoms with Gasteiger partial charge in [0.25, 0.3) is 0 Å². The van der Waals surface area contributed by atoms with Gasteiger partial charge in [-0.2, -0.15) is 0 Å². The molecule has 1 aliphatic rings. The summed E-state index contributed by atoms with van der Waals surface area (Å²) >= 11 is 0. The van der Waals surface area contributed by atoms with Crippen LogP contribution in [0.3, 0.4) is 0 Å². The van der Waals surface area contributed by atoms with Gasteiger partial charge in [-0.1, -0.05) is 30.3 Å². The number of fused-ring (bicyclic) bond motifs is 3. The second-order valence-corrected chi connectivity index (χ2v) is 7.54. The molecule has 4 rings (SSSR count). The number of furan rings is 1. The van der Waals surface area contributed by atoms with Gasteiger partial charge < -0.3 is 14.2 Å². The van der Waals surface area contributed by atoms with Gasteiger partial charge in [0, 0.05) is 51.2 Å². The van der Waals surface area contributed by atoms with Crippen LogP contribution < -0.4 is 0 Å². The molecule has 1 aromatic heterocycles. The van der Waals surface area contributed by atoms with E-state index in [0.717, 1.165) is 40.4 Å². The van der Waals surface area contributed by atoms with Gasteiger partial charge in [0.2, 0.25) is 11.8 Å². The van der Waals surface area contributed by atoms with E-state index in [9.17, 15) is 9.59 Å². The molecule has 1 saturated heterocycles. The third-order valence-corrected chi connectivity index (χ3v) is 5.46. The van der Waals surface area contributed by atoms with E-state index >= 15 is 0 Å². The normalized spacial score (nSPS) is 15.3. The summed E-state index contributed by atoms with van der Waals surface area (Å²) in [6.45, 7) is 3.15. The van der Waals surface area contributed by atoms with Crippen LogP contribution in [0.2, 0.25) is 0 Å². The first-order valence-corrected chi connectivity index (χ1v) is 9.61. The van der Waals surface area contributed by atoms with Gasteiger partial charge >= 0.3 is 0 Å². The molecule has 6 nitrogen and oxygen atoms in total. The van der Waals surface area contributed by atoms with E-state index < -0.39 is 0 Å². The van der Waals surface area contributed by atoms with E-state index in [-0.39, 0.29) is 11.8 Å². The van der Waals surface area contributed by atoms with Crippen LogP contribution in [0.4, 0.5) is 0 Å². The number of likely N-dealkylation sites (N-methyl/N-ethyl adjacent to an activating group) is 1. The van der Waals surface area contributed by atoms with Gasteiger partial charge in [0.15, 0.2) is 0 Å². The van der Waals surface area contributed by atoms with Gasteiger partial charge in [-0.15, -0.1) is 0 Å². The highest BCUT2D eigenvalue weighted by Gasteiger charge is 2.24. The average Bonchev–Trinajstić information content (AvgIpc) is 3.11. The predicted octanol–water partition coefficient (Wildman–Crippen LogP) is 2.36. The monoisotopic (exact) mass is 379 g/mol. The van der Waals surface area contributed by atoms with Crippen LogP contribution >= 0.6 is 0 Å². The van der Waals surface area contributed by atoms with Crippen LogP contribution in [0, 0.1) is 0 Å². The maximum Gasteiger partial charge on any atom is 0.236 e. The lowest BCUT2D eigenvalue weighted by Crippen LogP contribution is -2.51. The zero-order valence-electron chi connectivity index (χ0n) is 16.4. The van der Waals surface area contributed by atoms with E-state index in [1.807, 2.05) is 29.2 Å². The number of piperazine rings is 1. The lowest BCUT2D eigenvalue weighted by atomic mass is 10.0. The molecule has 3 aromatic rings. The van der Waals surface area contributed by atoms with Gasteiger partial charge in [-0.25, -0.2) is 0 Å². The first-order valence-electron chi connectivity index (χ1n) is 9.61. The number of hydrogen-bond acceptors (Lipinski definition) is 4. The molecule has 0 bridgehead atoms. The Kier molecular flexibility index (Phi) is 5.05. The first kappa shape index (κ1) is 18.5. The van der Waals surface area contributed by atoms with E-state index in [2.05, 4.69) is 17.0 Å². The molecule has 1 aliphatic heterocycles. The Bertz CT molecular complexity index is 1020. The van der Waals surface area contributed by atoms with Gasteiger partial charge in [0.05, 0.1) is 19.2 Å². The zero-order valence-corrected chi connectivity index (χ0v) is 16.4. The highest BCUT2D eigenvalue weighted by molar-refractivity contribution is 6.08. The van der Waals surface area contributed by atoms with Gasteiger partial charge in [0.1, 0.15) is 5.58 Å². The summed E-state index contributed by atoms with van der Waals surface area (Å²) in [6, 6.07) is 12.2. The molecule has 0 N–H and O–H groups in total. The Morgan fingerprint density at radius 2 is 1.79 bits per heavy atom. The van der Waals surface area contributed by atoms with Crippen LogP contribution in [0.15, 0.2) is 47.1 Å². The topological polar surface area (TPSA) is 57.0 Å². The minimum absolute atomic E-state index is 0.0940. The number of carbonyl (C=O) groups excluding carboxylic acids is 2. The van der Waals surface area contributed by atoms with Crippen LogP contribution in [0.25, 0.3) is 21.7 Å². The summed E-state index contributed by atoms with van der Waals surface area (Å²) in [5.41, 5.74) is 1.75. The van der Waals surface area contributed by atoms with Crippen LogP contribution in [0.1, 0.15) is 5.56 Å². The molecule has 6 heteroatoms. The molecule has 0 saturated carbocycles. The highest BCUT2D eigenvalue weighted by Crippen LogP contribution is 2.30. The second kappa shape index (κ2) is 7.64. The Morgan fingerprint density at radius 1 is 1.04 bits per heavy atom. The van der Waals surface area contributed by atoms with E-state index in [4.69, 9.17) is 4.42 Å². The van der Waals surface area contributed by atoms with Crippen molar-refractivity contribution >= 4 is 33.6 Å². The van der Waals surface area contributed by atoms with Crippen molar-refractivity contribution in [1.29, 1.82) is 0 Å². The van der Waals surface area contributed by atoms with Crippen molar-refractivity contribution in [2.75, 3.05) is 46.8 Å². The van der Waals surface area contributed by atoms with Crippen molar-refractivity contribution in [3.8, 4) is 0 Å². The first-order chi connectivity index (χ1) is 13.5. The molecular weight excluding hydrogens is 354 g/mol. The third kappa shape index (κ3) is 3.60. The van der Waals surface area contributed by atoms with Crippen molar-refractivity contribution in [3.63, 3.8) is 0 Å². The SMILES string of the molecule is CN(C)C(=O)CN1CCN(C(=O)Cc2coc3ccc4ccccc4c23)CC1. The summed E-state index contributed by atoms with van der Waals surface area (Å²) in [7, 11) is 3.53. The number of benzene rings is 2. The number of hydrogen-bond donors (Lipinski definition) is 0. The van der Waals surface area contributed by atoms with Crippen molar-refractivity contribution in [1.82, 2.24) is 14.7 Å². The fraction of sp³-hybridized carbons (Fsp3) is 0.364. The molecule has 146 valence electrons. The lowest BCUT2D eigenvalue weighted by Gasteiger charge is -2.34. The number of rotatable bonds is 4. The smallest absolute Gasteiger partial charge is 0.236 e. The molecule has 2 amide bonds. The van der Waals surface area contributed by atoms with Gasteiger partial charge in [-0.05, 0) is 16.8 Å². The second-order valence-electron chi connectivity index (χ2n) is 7.54. The summed E-state index contributed by atoms with van der Waals surface area (Å²) in [6.07, 6.45) is 2.04.